The van der Waals surface area contributed by atoms with Crippen molar-refractivity contribution in [2.45, 2.75) is 62.7 Å². The van der Waals surface area contributed by atoms with Crippen LogP contribution in [0, 0.1) is 11.8 Å². The zero-order valence-corrected chi connectivity index (χ0v) is 15.5. The van der Waals surface area contributed by atoms with Crippen molar-refractivity contribution in [1.29, 1.82) is 0 Å². The highest BCUT2D eigenvalue weighted by Gasteiger charge is 2.51. The topological polar surface area (TPSA) is 164 Å². The van der Waals surface area contributed by atoms with Crippen molar-refractivity contribution in [2.75, 3.05) is 13.7 Å². The molecule has 5 N–H and O–H groups in total. The summed E-state index contributed by atoms with van der Waals surface area (Å²) in [5.74, 6) is -1.67. The Labute approximate surface area is 161 Å². The van der Waals surface area contributed by atoms with E-state index in [4.69, 9.17) is 23.7 Å². The second-order valence-electron chi connectivity index (χ2n) is 7.12. The molecule has 3 aliphatic heterocycles. The molecule has 3 aliphatic rings. The molecule has 0 bridgehead atoms. The highest BCUT2D eigenvalue weighted by molar-refractivity contribution is 5.88. The van der Waals surface area contributed by atoms with Gasteiger partial charge in [0.25, 0.3) is 0 Å². The number of carbonyl (C=O) groups excluding carboxylic acids is 1. The van der Waals surface area contributed by atoms with Gasteiger partial charge >= 0.3 is 5.97 Å². The van der Waals surface area contributed by atoms with E-state index in [2.05, 4.69) is 0 Å². The van der Waals surface area contributed by atoms with E-state index in [1.165, 1.54) is 13.4 Å². The predicted molar refractivity (Wildman–Crippen MR) is 88.0 cm³/mol. The Balaban J connectivity index is 1.81. The zero-order chi connectivity index (χ0) is 20.6. The molecule has 160 valence electrons. The average Bonchev–Trinajstić information content (AvgIpc) is 2.67. The lowest BCUT2D eigenvalue weighted by molar-refractivity contribution is -0.352. The molecule has 0 unspecified atom stereocenters. The summed E-state index contributed by atoms with van der Waals surface area (Å²) in [6.07, 6.45) is -8.71. The fourth-order valence-corrected chi connectivity index (χ4v) is 3.91. The molecule has 11 heteroatoms. The van der Waals surface area contributed by atoms with E-state index in [9.17, 15) is 30.3 Å². The lowest BCUT2D eigenvalue weighted by Gasteiger charge is -2.47. The van der Waals surface area contributed by atoms with Crippen LogP contribution >= 0.6 is 0 Å². The molecule has 0 spiro atoms. The molecule has 3 heterocycles. The van der Waals surface area contributed by atoms with Crippen molar-refractivity contribution < 1.29 is 54.0 Å². The largest absolute Gasteiger partial charge is 0.471 e. The Morgan fingerprint density at radius 2 is 1.86 bits per heavy atom. The number of hydrogen-bond acceptors (Lipinski definition) is 11. The highest BCUT2D eigenvalue weighted by Crippen LogP contribution is 2.42. The maximum atomic E-state index is 12.1. The summed E-state index contributed by atoms with van der Waals surface area (Å²) in [6.45, 7) is 1.08. The van der Waals surface area contributed by atoms with Crippen LogP contribution < -0.4 is 0 Å². The molecule has 0 aliphatic carbocycles. The number of aliphatic hydroxyl groups is 5. The van der Waals surface area contributed by atoms with Gasteiger partial charge in [-0.15, -0.1) is 0 Å². The highest BCUT2D eigenvalue weighted by atomic mass is 16.8. The van der Waals surface area contributed by atoms with Gasteiger partial charge in [-0.25, -0.2) is 4.79 Å². The van der Waals surface area contributed by atoms with Gasteiger partial charge < -0.3 is 49.2 Å². The summed E-state index contributed by atoms with van der Waals surface area (Å²) < 4.78 is 26.8. The second-order valence-corrected chi connectivity index (χ2v) is 7.12. The molecule has 11 nitrogen and oxygen atoms in total. The van der Waals surface area contributed by atoms with Gasteiger partial charge in [0.2, 0.25) is 6.29 Å². The molecule has 2 saturated heterocycles. The normalized spacial score (nSPS) is 46.2. The summed E-state index contributed by atoms with van der Waals surface area (Å²) in [6, 6.07) is 0. The van der Waals surface area contributed by atoms with Crippen molar-refractivity contribution in [2.24, 2.45) is 11.8 Å². The molecule has 0 aromatic carbocycles. The Kier molecular flexibility index (Phi) is 6.57. The number of rotatable bonds is 4. The van der Waals surface area contributed by atoms with Crippen molar-refractivity contribution in [3.05, 3.63) is 11.8 Å². The van der Waals surface area contributed by atoms with Crippen molar-refractivity contribution in [3.63, 3.8) is 0 Å². The van der Waals surface area contributed by atoms with Gasteiger partial charge in [0.05, 0.1) is 37.6 Å². The SMILES string of the molecule is COC(=O)C1=CO[C@H](O[C@@H]2O[C@H](CO)[C@@H](O)[C@H](O)[C@H]2O)[C@H]2[C@@H](C)O[C@@H](O)C[C@@H]12. The summed E-state index contributed by atoms with van der Waals surface area (Å²) >= 11 is 0. The van der Waals surface area contributed by atoms with Crippen LogP contribution in [0.15, 0.2) is 11.8 Å². The first kappa shape index (κ1) is 21.4. The maximum Gasteiger partial charge on any atom is 0.337 e. The van der Waals surface area contributed by atoms with Gasteiger partial charge in [0.1, 0.15) is 24.4 Å². The van der Waals surface area contributed by atoms with E-state index < -0.39 is 73.8 Å². The number of carbonyl (C=O) groups is 1. The smallest absolute Gasteiger partial charge is 0.337 e. The molecule has 28 heavy (non-hydrogen) atoms. The average molecular weight is 406 g/mol. The first-order valence-corrected chi connectivity index (χ1v) is 9.01. The van der Waals surface area contributed by atoms with Crippen molar-refractivity contribution in [1.82, 2.24) is 0 Å². The molecule has 0 aromatic heterocycles. The van der Waals surface area contributed by atoms with E-state index in [1.807, 2.05) is 0 Å². The Bertz CT molecular complexity index is 594. The Morgan fingerprint density at radius 1 is 1.14 bits per heavy atom. The summed E-state index contributed by atoms with van der Waals surface area (Å²) in [4.78, 5) is 12.1. The van der Waals surface area contributed by atoms with Crippen LogP contribution in [0.3, 0.4) is 0 Å². The van der Waals surface area contributed by atoms with Gasteiger partial charge in [0, 0.05) is 12.3 Å². The summed E-state index contributed by atoms with van der Waals surface area (Å²) in [5.41, 5.74) is 0.218. The number of esters is 1. The molecule has 0 aromatic rings. The van der Waals surface area contributed by atoms with E-state index in [1.54, 1.807) is 6.92 Å². The summed E-state index contributed by atoms with van der Waals surface area (Å²) in [7, 11) is 1.23. The van der Waals surface area contributed by atoms with Crippen LogP contribution in [0.25, 0.3) is 0 Å². The van der Waals surface area contributed by atoms with Crippen LogP contribution in [-0.4, -0.2) is 94.6 Å². The molecular weight excluding hydrogens is 380 g/mol. The number of aliphatic hydroxyl groups excluding tert-OH is 5. The molecule has 0 radical (unpaired) electrons. The first-order chi connectivity index (χ1) is 13.3. The van der Waals surface area contributed by atoms with Crippen LogP contribution in [0.4, 0.5) is 0 Å². The number of ether oxygens (including phenoxy) is 5. The van der Waals surface area contributed by atoms with Gasteiger partial charge in [-0.1, -0.05) is 0 Å². The Morgan fingerprint density at radius 3 is 2.50 bits per heavy atom. The fraction of sp³-hybridized carbons (Fsp3) is 0.824. The first-order valence-electron chi connectivity index (χ1n) is 9.01. The molecule has 2 fully saturated rings. The second kappa shape index (κ2) is 8.59. The zero-order valence-electron chi connectivity index (χ0n) is 15.5. The van der Waals surface area contributed by atoms with E-state index in [0.717, 1.165) is 0 Å². The summed E-state index contributed by atoms with van der Waals surface area (Å²) in [5, 5.41) is 49.2. The quantitative estimate of drug-likeness (QED) is 0.315. The Hall–Kier alpha value is -1.31. The minimum atomic E-state index is -1.60. The number of hydrogen-bond donors (Lipinski definition) is 5. The van der Waals surface area contributed by atoms with Gasteiger partial charge in [-0.05, 0) is 6.92 Å². The van der Waals surface area contributed by atoms with Gasteiger partial charge in [0.15, 0.2) is 12.6 Å². The van der Waals surface area contributed by atoms with Crippen LogP contribution in [0.5, 0.6) is 0 Å². The maximum absolute atomic E-state index is 12.1. The third kappa shape index (κ3) is 3.89. The minimum absolute atomic E-state index is 0.105. The van der Waals surface area contributed by atoms with Crippen LogP contribution in [0.2, 0.25) is 0 Å². The standard InChI is InChI=1S/C17H26O11/c1-6-11-7(3-10(19)26-6)8(15(23)24-2)5-25-16(11)28-17-14(22)13(21)12(20)9(4-18)27-17/h5-7,9-14,16-22H,3-4H2,1-2H3/t6-,7+,9-,10-,11+,12-,13+,14-,16-,17+/m1/s1. The lowest BCUT2D eigenvalue weighted by atomic mass is 9.77. The fourth-order valence-electron chi connectivity index (χ4n) is 3.91. The van der Waals surface area contributed by atoms with Crippen LogP contribution in [0.1, 0.15) is 13.3 Å². The van der Waals surface area contributed by atoms with Crippen molar-refractivity contribution in [3.8, 4) is 0 Å². The predicted octanol–water partition coefficient (Wildman–Crippen LogP) is -2.42. The molecule has 0 amide bonds. The third-order valence-electron chi connectivity index (χ3n) is 5.41. The van der Waals surface area contributed by atoms with Gasteiger partial charge in [-0.2, -0.15) is 0 Å². The number of methoxy groups -OCH3 is 1. The third-order valence-corrected chi connectivity index (χ3v) is 5.41. The molecule has 3 rings (SSSR count). The lowest BCUT2D eigenvalue weighted by Crippen LogP contribution is -2.61. The molecule has 0 saturated carbocycles. The van der Waals surface area contributed by atoms with Crippen molar-refractivity contribution >= 4 is 5.97 Å². The van der Waals surface area contributed by atoms with Crippen LogP contribution in [-0.2, 0) is 28.5 Å². The van der Waals surface area contributed by atoms with E-state index in [0.29, 0.717) is 0 Å². The number of fused-ring (bicyclic) bond motifs is 1. The molecule has 10 atom stereocenters. The molecular formula is C17H26O11. The minimum Gasteiger partial charge on any atom is -0.471 e. The van der Waals surface area contributed by atoms with E-state index >= 15 is 0 Å². The van der Waals surface area contributed by atoms with Gasteiger partial charge in [-0.3, -0.25) is 0 Å². The van der Waals surface area contributed by atoms with E-state index in [-0.39, 0.29) is 12.0 Å². The monoisotopic (exact) mass is 406 g/mol.